The normalized spacial score (nSPS) is 24.3. The van der Waals surface area contributed by atoms with Crippen LogP contribution >= 0.6 is 0 Å². The van der Waals surface area contributed by atoms with Crippen LogP contribution in [0.2, 0.25) is 0 Å². The highest BCUT2D eigenvalue weighted by molar-refractivity contribution is 5.81. The molecule has 5 heteroatoms. The van der Waals surface area contributed by atoms with Crippen LogP contribution < -0.4 is 5.32 Å². The molecule has 1 N–H and O–H groups in total. The number of rotatable bonds is 3. The predicted octanol–water partition coefficient (Wildman–Crippen LogP) is 1.38. The average Bonchev–Trinajstić information content (AvgIpc) is 2.29. The van der Waals surface area contributed by atoms with Crippen molar-refractivity contribution >= 4 is 12.0 Å². The summed E-state index contributed by atoms with van der Waals surface area (Å²) < 4.78 is 4.76. The Morgan fingerprint density at radius 3 is 2.71 bits per heavy atom. The molecule has 0 aromatic carbocycles. The summed E-state index contributed by atoms with van der Waals surface area (Å²) in [5.74, 6) is 0.137. The van der Waals surface area contributed by atoms with Gasteiger partial charge in [-0.25, -0.2) is 4.79 Å². The highest BCUT2D eigenvalue weighted by Crippen LogP contribution is 2.20. The van der Waals surface area contributed by atoms with Crippen molar-refractivity contribution in [2.24, 2.45) is 5.92 Å². The molecule has 0 aromatic rings. The molecule has 17 heavy (non-hydrogen) atoms. The first-order valence-corrected chi connectivity index (χ1v) is 6.24. The highest BCUT2D eigenvalue weighted by atomic mass is 16.5. The van der Waals surface area contributed by atoms with Gasteiger partial charge < -0.3 is 15.0 Å². The van der Waals surface area contributed by atoms with Crippen LogP contribution in [0.3, 0.4) is 0 Å². The lowest BCUT2D eigenvalue weighted by atomic mass is 9.95. The van der Waals surface area contributed by atoms with E-state index >= 15 is 0 Å². The van der Waals surface area contributed by atoms with Gasteiger partial charge in [-0.15, -0.1) is 0 Å². The molecule has 0 radical (unpaired) electrons. The molecule has 2 unspecified atom stereocenters. The van der Waals surface area contributed by atoms with Gasteiger partial charge in [0.05, 0.1) is 6.61 Å². The molecule has 0 spiro atoms. The van der Waals surface area contributed by atoms with E-state index in [1.807, 2.05) is 6.92 Å². The lowest BCUT2D eigenvalue weighted by Crippen LogP contribution is -2.50. The fourth-order valence-electron chi connectivity index (χ4n) is 2.03. The molecule has 0 bridgehead atoms. The van der Waals surface area contributed by atoms with Gasteiger partial charge in [-0.2, -0.15) is 0 Å². The van der Waals surface area contributed by atoms with Gasteiger partial charge in [-0.1, -0.05) is 6.92 Å². The highest BCUT2D eigenvalue weighted by Gasteiger charge is 2.26. The lowest BCUT2D eigenvalue weighted by Gasteiger charge is -2.36. The molecule has 0 aliphatic carbocycles. The fourth-order valence-corrected chi connectivity index (χ4v) is 2.03. The molecule has 1 fully saturated rings. The van der Waals surface area contributed by atoms with E-state index in [-0.39, 0.29) is 18.6 Å². The number of amides is 2. The van der Waals surface area contributed by atoms with Gasteiger partial charge in [0.15, 0.2) is 0 Å². The topological polar surface area (TPSA) is 58.6 Å². The first kappa shape index (κ1) is 13.8. The molecule has 1 aliphatic heterocycles. The number of esters is 1. The standard InChI is InChI=1S/C12H22N2O3/c1-4-17-11(15)7-13-12(16)14-8-9(2)5-6-10(14)3/h9-10H,4-8H2,1-3H3,(H,13,16). The van der Waals surface area contributed by atoms with Crippen molar-refractivity contribution in [3.8, 4) is 0 Å². The molecule has 1 aliphatic rings. The maximum Gasteiger partial charge on any atom is 0.325 e. The van der Waals surface area contributed by atoms with Gasteiger partial charge in [0.1, 0.15) is 6.54 Å². The van der Waals surface area contributed by atoms with Crippen LogP contribution in [-0.4, -0.2) is 42.6 Å². The Morgan fingerprint density at radius 2 is 2.06 bits per heavy atom. The third-order valence-corrected chi connectivity index (χ3v) is 3.07. The zero-order chi connectivity index (χ0) is 12.8. The maximum atomic E-state index is 11.9. The number of urea groups is 1. The van der Waals surface area contributed by atoms with Crippen molar-refractivity contribution in [3.05, 3.63) is 0 Å². The summed E-state index contributed by atoms with van der Waals surface area (Å²) in [4.78, 5) is 24.8. The largest absolute Gasteiger partial charge is 0.465 e. The van der Waals surface area contributed by atoms with E-state index < -0.39 is 5.97 Å². The number of hydrogen-bond donors (Lipinski definition) is 1. The molecule has 2 atom stereocenters. The number of nitrogens with zero attached hydrogens (tertiary/aromatic N) is 1. The van der Waals surface area contributed by atoms with Crippen molar-refractivity contribution in [1.29, 1.82) is 0 Å². The van der Waals surface area contributed by atoms with E-state index in [2.05, 4.69) is 12.2 Å². The average molecular weight is 242 g/mol. The molecule has 98 valence electrons. The molecule has 1 heterocycles. The number of piperidine rings is 1. The quantitative estimate of drug-likeness (QED) is 0.761. The summed E-state index contributed by atoms with van der Waals surface area (Å²) in [5.41, 5.74) is 0. The predicted molar refractivity (Wildman–Crippen MR) is 64.6 cm³/mol. The van der Waals surface area contributed by atoms with Crippen LogP contribution in [0.5, 0.6) is 0 Å². The number of likely N-dealkylation sites (tertiary alicyclic amines) is 1. The zero-order valence-electron chi connectivity index (χ0n) is 10.9. The number of ether oxygens (including phenoxy) is 1. The number of carbonyl (C=O) groups excluding carboxylic acids is 2. The summed E-state index contributed by atoms with van der Waals surface area (Å²) in [6.07, 6.45) is 2.18. The minimum Gasteiger partial charge on any atom is -0.465 e. The molecule has 0 saturated carbocycles. The molecular weight excluding hydrogens is 220 g/mol. The smallest absolute Gasteiger partial charge is 0.325 e. The van der Waals surface area contributed by atoms with E-state index in [0.717, 1.165) is 19.4 Å². The molecule has 0 aromatic heterocycles. The van der Waals surface area contributed by atoms with E-state index in [9.17, 15) is 9.59 Å². The van der Waals surface area contributed by atoms with Gasteiger partial charge >= 0.3 is 12.0 Å². The summed E-state index contributed by atoms with van der Waals surface area (Å²) in [7, 11) is 0. The molecule has 1 rings (SSSR count). The van der Waals surface area contributed by atoms with E-state index in [1.54, 1.807) is 11.8 Å². The van der Waals surface area contributed by atoms with E-state index in [0.29, 0.717) is 12.5 Å². The second kappa shape index (κ2) is 6.47. The number of hydrogen-bond acceptors (Lipinski definition) is 3. The van der Waals surface area contributed by atoms with Gasteiger partial charge in [0, 0.05) is 12.6 Å². The summed E-state index contributed by atoms with van der Waals surface area (Å²) in [6, 6.07) is 0.0745. The minimum absolute atomic E-state index is 0.0513. The Bertz CT molecular complexity index is 281. The van der Waals surface area contributed by atoms with Crippen molar-refractivity contribution in [1.82, 2.24) is 10.2 Å². The lowest BCUT2D eigenvalue weighted by molar-refractivity contribution is -0.141. The number of nitrogens with one attached hydrogen (secondary N) is 1. The van der Waals surface area contributed by atoms with Crippen LogP contribution in [0.1, 0.15) is 33.6 Å². The van der Waals surface area contributed by atoms with Crippen molar-refractivity contribution in [2.75, 3.05) is 19.7 Å². The Morgan fingerprint density at radius 1 is 1.35 bits per heavy atom. The summed E-state index contributed by atoms with van der Waals surface area (Å²) >= 11 is 0. The van der Waals surface area contributed by atoms with E-state index in [1.165, 1.54) is 0 Å². The minimum atomic E-state index is -0.390. The summed E-state index contributed by atoms with van der Waals surface area (Å²) in [6.45, 7) is 6.97. The van der Waals surface area contributed by atoms with Crippen LogP contribution in [0.25, 0.3) is 0 Å². The Kier molecular flexibility index (Phi) is 5.25. The van der Waals surface area contributed by atoms with Crippen LogP contribution in [-0.2, 0) is 9.53 Å². The van der Waals surface area contributed by atoms with Gasteiger partial charge in [0.25, 0.3) is 0 Å². The Hall–Kier alpha value is -1.26. The second-order valence-corrected chi connectivity index (χ2v) is 4.65. The Balaban J connectivity index is 2.38. The van der Waals surface area contributed by atoms with Crippen LogP contribution in [0.4, 0.5) is 4.79 Å². The van der Waals surface area contributed by atoms with Crippen molar-refractivity contribution in [3.63, 3.8) is 0 Å². The first-order valence-electron chi connectivity index (χ1n) is 6.24. The first-order chi connectivity index (χ1) is 8.04. The van der Waals surface area contributed by atoms with Gasteiger partial charge in [-0.05, 0) is 32.6 Å². The molecule has 5 nitrogen and oxygen atoms in total. The number of carbonyl (C=O) groups is 2. The Labute approximate surface area is 102 Å². The molecular formula is C12H22N2O3. The zero-order valence-corrected chi connectivity index (χ0v) is 10.9. The van der Waals surface area contributed by atoms with E-state index in [4.69, 9.17) is 4.74 Å². The van der Waals surface area contributed by atoms with Crippen molar-refractivity contribution in [2.45, 2.75) is 39.7 Å². The monoisotopic (exact) mass is 242 g/mol. The summed E-state index contributed by atoms with van der Waals surface area (Å²) in [5, 5.41) is 2.60. The van der Waals surface area contributed by atoms with Gasteiger partial charge in [-0.3, -0.25) is 4.79 Å². The molecule has 2 amide bonds. The fraction of sp³-hybridized carbons (Fsp3) is 0.833. The van der Waals surface area contributed by atoms with Crippen LogP contribution in [0, 0.1) is 5.92 Å². The van der Waals surface area contributed by atoms with Crippen LogP contribution in [0.15, 0.2) is 0 Å². The van der Waals surface area contributed by atoms with Crippen molar-refractivity contribution < 1.29 is 14.3 Å². The third-order valence-electron chi connectivity index (χ3n) is 3.07. The third kappa shape index (κ3) is 4.24. The SMILES string of the molecule is CCOC(=O)CNC(=O)N1CC(C)CCC1C. The second-order valence-electron chi connectivity index (χ2n) is 4.65. The maximum absolute atomic E-state index is 11.9. The van der Waals surface area contributed by atoms with Gasteiger partial charge in [0.2, 0.25) is 0 Å². The molecule has 1 saturated heterocycles.